The van der Waals surface area contributed by atoms with Gasteiger partial charge in [0.05, 0.1) is 25.1 Å². The molecule has 0 amide bonds. The molecule has 3 aliphatic heterocycles. The topological polar surface area (TPSA) is 81.7 Å². The lowest BCUT2D eigenvalue weighted by atomic mass is 9.83. The molecule has 7 nitrogen and oxygen atoms in total. The van der Waals surface area contributed by atoms with Crippen LogP contribution in [-0.2, 0) is 14.3 Å². The molecule has 1 aromatic carbocycles. The smallest absolute Gasteiger partial charge is 0.348 e. The van der Waals surface area contributed by atoms with Crippen LogP contribution in [0.25, 0.3) is 0 Å². The number of nitrogens with zero attached hydrogens (tertiary/aromatic N) is 1. The SMILES string of the molecule is COC(=O)c1sccc1C(Nc1ccccc1)C(=O)O[C@H]1C[N+]2(CC(=O)c3cccs3)CCC1CC2. The van der Waals surface area contributed by atoms with Crippen molar-refractivity contribution in [3.8, 4) is 0 Å². The Kier molecular flexibility index (Phi) is 7.22. The van der Waals surface area contributed by atoms with Crippen LogP contribution in [0, 0.1) is 5.92 Å². The molecule has 0 radical (unpaired) electrons. The van der Waals surface area contributed by atoms with Gasteiger partial charge < -0.3 is 19.3 Å². The van der Waals surface area contributed by atoms with E-state index in [9.17, 15) is 14.4 Å². The second kappa shape index (κ2) is 10.5. The Morgan fingerprint density at radius 1 is 1.03 bits per heavy atom. The summed E-state index contributed by atoms with van der Waals surface area (Å²) in [5.41, 5.74) is 1.29. The molecule has 1 N–H and O–H groups in total. The van der Waals surface area contributed by atoms with Crippen LogP contribution in [0.5, 0.6) is 0 Å². The molecule has 0 saturated carbocycles. The summed E-state index contributed by atoms with van der Waals surface area (Å²) in [6.45, 7) is 2.93. The van der Waals surface area contributed by atoms with E-state index in [1.165, 1.54) is 29.8 Å². The van der Waals surface area contributed by atoms with Crippen molar-refractivity contribution in [1.29, 1.82) is 0 Å². The Balaban J connectivity index is 1.35. The number of Topliss-reactive ketones (excluding diaryl/α,β-unsaturated/α-hetero) is 1. The average molecular weight is 526 g/mol. The van der Waals surface area contributed by atoms with E-state index in [1.807, 2.05) is 47.8 Å². The van der Waals surface area contributed by atoms with Gasteiger partial charge in [-0.05, 0) is 35.0 Å². The van der Waals surface area contributed by atoms with E-state index in [0.29, 0.717) is 28.0 Å². The second-order valence-corrected chi connectivity index (χ2v) is 11.3. The lowest BCUT2D eigenvalue weighted by Gasteiger charge is -2.51. The van der Waals surface area contributed by atoms with E-state index in [-0.39, 0.29) is 17.8 Å². The lowest BCUT2D eigenvalue weighted by molar-refractivity contribution is -0.938. The first-order chi connectivity index (χ1) is 17.5. The first-order valence-electron chi connectivity index (χ1n) is 12.1. The summed E-state index contributed by atoms with van der Waals surface area (Å²) in [4.78, 5) is 40.1. The molecule has 36 heavy (non-hydrogen) atoms. The zero-order valence-electron chi connectivity index (χ0n) is 20.1. The molecule has 2 bridgehead atoms. The van der Waals surface area contributed by atoms with Gasteiger partial charge in [-0.3, -0.25) is 4.79 Å². The fourth-order valence-corrected chi connectivity index (χ4v) is 6.89. The maximum Gasteiger partial charge on any atom is 0.348 e. The molecule has 9 heteroatoms. The van der Waals surface area contributed by atoms with Gasteiger partial charge in [0.1, 0.15) is 18.0 Å². The molecule has 1 unspecified atom stereocenters. The number of hydrogen-bond acceptors (Lipinski definition) is 8. The maximum atomic E-state index is 13.7. The number of carbonyl (C=O) groups excluding carboxylic acids is 3. The van der Waals surface area contributed by atoms with Crippen LogP contribution in [0.3, 0.4) is 0 Å². The fraction of sp³-hybridized carbons (Fsp3) is 0.370. The van der Waals surface area contributed by atoms with Gasteiger partial charge in [-0.1, -0.05) is 24.3 Å². The Hall–Kier alpha value is -3.01. The van der Waals surface area contributed by atoms with E-state index < -0.39 is 18.0 Å². The first kappa shape index (κ1) is 24.7. The van der Waals surface area contributed by atoms with Crippen LogP contribution in [0.15, 0.2) is 59.3 Å². The minimum absolute atomic E-state index is 0.153. The molecule has 2 aromatic heterocycles. The number of benzene rings is 1. The van der Waals surface area contributed by atoms with Crippen LogP contribution in [0.1, 0.15) is 43.8 Å². The average Bonchev–Trinajstić information content (AvgIpc) is 3.61. The Bertz CT molecular complexity index is 1220. The maximum absolute atomic E-state index is 13.7. The number of anilines is 1. The number of hydrogen-bond donors (Lipinski definition) is 1. The van der Waals surface area contributed by atoms with Crippen molar-refractivity contribution >= 4 is 46.1 Å². The van der Waals surface area contributed by atoms with Gasteiger partial charge >= 0.3 is 11.9 Å². The quantitative estimate of drug-likeness (QED) is 0.246. The van der Waals surface area contributed by atoms with Crippen molar-refractivity contribution in [2.75, 3.05) is 38.6 Å². The zero-order valence-corrected chi connectivity index (χ0v) is 21.7. The number of fused-ring (bicyclic) bond motifs is 3. The molecule has 2 atom stereocenters. The molecular formula is C27H29N2O5S2+. The number of rotatable bonds is 9. The molecule has 3 saturated heterocycles. The number of quaternary nitrogens is 1. The van der Waals surface area contributed by atoms with Crippen molar-refractivity contribution in [3.05, 3.63) is 74.6 Å². The first-order valence-corrected chi connectivity index (χ1v) is 13.8. The third-order valence-electron chi connectivity index (χ3n) is 7.28. The monoisotopic (exact) mass is 525 g/mol. The Labute approximate surface area is 218 Å². The number of carbonyl (C=O) groups is 3. The zero-order chi connectivity index (χ0) is 25.1. The number of ketones is 1. The van der Waals surface area contributed by atoms with Gasteiger partial charge in [-0.15, -0.1) is 22.7 Å². The predicted octanol–water partition coefficient (Wildman–Crippen LogP) is 4.78. The minimum atomic E-state index is -0.857. The molecule has 5 heterocycles. The normalized spacial score (nSPS) is 23.6. The van der Waals surface area contributed by atoms with E-state index in [1.54, 1.807) is 11.4 Å². The van der Waals surface area contributed by atoms with Crippen molar-refractivity contribution in [3.63, 3.8) is 0 Å². The standard InChI is InChI=1S/C27H29N2O5S2/c1-33-27(32)25-20(11-15-36-25)24(28-19-6-3-2-4-7-19)26(31)34-22-17-29(12-9-18(22)10-13-29)16-21(30)23-8-5-14-35-23/h2-8,11,14-15,18,22,24,28H,9-10,12-13,16-17H2,1H3/q+1/t18?,22-,24?,29?/m0/s1. The van der Waals surface area contributed by atoms with Gasteiger partial charge in [-0.25, -0.2) is 9.59 Å². The largest absolute Gasteiger partial charge is 0.465 e. The molecule has 0 spiro atoms. The Morgan fingerprint density at radius 2 is 1.81 bits per heavy atom. The van der Waals surface area contributed by atoms with E-state index in [0.717, 1.165) is 36.5 Å². The third kappa shape index (κ3) is 5.09. The summed E-state index contributed by atoms with van der Waals surface area (Å²) in [7, 11) is 1.33. The number of ether oxygens (including phenoxy) is 2. The number of piperidine rings is 3. The van der Waals surface area contributed by atoms with Crippen LogP contribution >= 0.6 is 22.7 Å². The summed E-state index contributed by atoms with van der Waals surface area (Å²) >= 11 is 2.71. The number of methoxy groups -OCH3 is 1. The van der Waals surface area contributed by atoms with Crippen LogP contribution in [-0.4, -0.2) is 61.6 Å². The highest BCUT2D eigenvalue weighted by molar-refractivity contribution is 7.12. The fourth-order valence-electron chi connectivity index (χ4n) is 5.38. The number of para-hydroxylation sites is 1. The molecule has 0 aliphatic carbocycles. The highest BCUT2D eigenvalue weighted by Gasteiger charge is 2.49. The van der Waals surface area contributed by atoms with Crippen molar-refractivity contribution in [2.45, 2.75) is 25.0 Å². The molecule has 6 rings (SSSR count). The summed E-state index contributed by atoms with van der Waals surface area (Å²) in [5.74, 6) is -0.471. The number of esters is 2. The number of nitrogens with one attached hydrogen (secondary N) is 1. The predicted molar refractivity (Wildman–Crippen MR) is 139 cm³/mol. The molecule has 188 valence electrons. The van der Waals surface area contributed by atoms with Crippen LogP contribution in [0.4, 0.5) is 5.69 Å². The van der Waals surface area contributed by atoms with E-state index >= 15 is 0 Å². The van der Waals surface area contributed by atoms with E-state index in [4.69, 9.17) is 9.47 Å². The van der Waals surface area contributed by atoms with Crippen molar-refractivity contribution in [1.82, 2.24) is 0 Å². The van der Waals surface area contributed by atoms with E-state index in [2.05, 4.69) is 5.32 Å². The summed E-state index contributed by atoms with van der Waals surface area (Å²) in [6.07, 6.45) is 1.59. The third-order valence-corrected chi connectivity index (χ3v) is 9.10. The summed E-state index contributed by atoms with van der Waals surface area (Å²) in [6, 6.07) is 14.1. The molecular weight excluding hydrogens is 496 g/mol. The van der Waals surface area contributed by atoms with Crippen LogP contribution in [0.2, 0.25) is 0 Å². The second-order valence-electron chi connectivity index (χ2n) is 9.48. The molecule has 3 aliphatic rings. The Morgan fingerprint density at radius 3 is 2.50 bits per heavy atom. The highest BCUT2D eigenvalue weighted by atomic mass is 32.1. The number of thiophene rings is 2. The van der Waals surface area contributed by atoms with Gasteiger partial charge in [0.25, 0.3) is 0 Å². The highest BCUT2D eigenvalue weighted by Crippen LogP contribution is 2.37. The van der Waals surface area contributed by atoms with Crippen molar-refractivity contribution < 1.29 is 28.3 Å². The van der Waals surface area contributed by atoms with Gasteiger partial charge in [0.15, 0.2) is 12.1 Å². The summed E-state index contributed by atoms with van der Waals surface area (Å²) in [5, 5.41) is 6.96. The molecule has 3 fully saturated rings. The molecule has 3 aromatic rings. The van der Waals surface area contributed by atoms with Crippen LogP contribution < -0.4 is 5.32 Å². The van der Waals surface area contributed by atoms with Gasteiger partial charge in [0.2, 0.25) is 5.78 Å². The minimum Gasteiger partial charge on any atom is -0.465 e. The van der Waals surface area contributed by atoms with Gasteiger partial charge in [-0.2, -0.15) is 0 Å². The van der Waals surface area contributed by atoms with Gasteiger partial charge in [0, 0.05) is 30.0 Å². The van der Waals surface area contributed by atoms with Crippen molar-refractivity contribution in [2.24, 2.45) is 5.92 Å². The lowest BCUT2D eigenvalue weighted by Crippen LogP contribution is -2.65. The summed E-state index contributed by atoms with van der Waals surface area (Å²) < 4.78 is 11.8.